The van der Waals surface area contributed by atoms with E-state index in [9.17, 15) is 18.0 Å². The van der Waals surface area contributed by atoms with Crippen molar-refractivity contribution >= 4 is 32.9 Å². The van der Waals surface area contributed by atoms with Crippen LogP contribution >= 0.6 is 0 Å². The largest absolute Gasteiger partial charge is 0.339 e. The number of carbonyl (C=O) groups excluding carboxylic acids is 2. The van der Waals surface area contributed by atoms with Gasteiger partial charge in [0.05, 0.1) is 10.6 Å². The highest BCUT2D eigenvalue weighted by molar-refractivity contribution is 7.91. The van der Waals surface area contributed by atoms with Crippen molar-refractivity contribution in [3.63, 3.8) is 0 Å². The first-order valence-corrected chi connectivity index (χ1v) is 12.2. The molecule has 0 saturated carbocycles. The van der Waals surface area contributed by atoms with Gasteiger partial charge in [0.2, 0.25) is 11.8 Å². The molecule has 0 aliphatic carbocycles. The summed E-state index contributed by atoms with van der Waals surface area (Å²) in [4.78, 5) is 27.9. The minimum atomic E-state index is -3.57. The summed E-state index contributed by atoms with van der Waals surface area (Å²) in [5, 5.41) is 0. The Morgan fingerprint density at radius 1 is 1.00 bits per heavy atom. The number of benzene rings is 2. The highest BCUT2D eigenvalue weighted by atomic mass is 32.2. The third kappa shape index (κ3) is 4.56. The van der Waals surface area contributed by atoms with Gasteiger partial charge in [0, 0.05) is 38.7 Å². The Kier molecular flexibility index (Phi) is 5.96. The van der Waals surface area contributed by atoms with E-state index < -0.39 is 9.84 Å². The highest BCUT2D eigenvalue weighted by Crippen LogP contribution is 2.30. The summed E-state index contributed by atoms with van der Waals surface area (Å²) in [6, 6.07) is 15.0. The molecule has 0 spiro atoms. The molecule has 6 nitrogen and oxygen atoms in total. The summed E-state index contributed by atoms with van der Waals surface area (Å²) in [5.41, 5.74) is 4.02. The maximum atomic E-state index is 12.8. The average molecular weight is 439 g/mol. The van der Waals surface area contributed by atoms with Crippen molar-refractivity contribution in [2.75, 3.05) is 30.3 Å². The van der Waals surface area contributed by atoms with Gasteiger partial charge in [0.25, 0.3) is 0 Å². The summed E-state index contributed by atoms with van der Waals surface area (Å²) in [6.45, 7) is 3.17. The highest BCUT2D eigenvalue weighted by Gasteiger charge is 2.26. The maximum absolute atomic E-state index is 12.8. The van der Waals surface area contributed by atoms with Gasteiger partial charge >= 0.3 is 0 Å². The van der Waals surface area contributed by atoms with Crippen molar-refractivity contribution in [1.29, 1.82) is 0 Å². The fourth-order valence-corrected chi connectivity index (χ4v) is 5.48. The first-order valence-electron chi connectivity index (χ1n) is 10.5. The molecule has 4 rings (SSSR count). The summed E-state index contributed by atoms with van der Waals surface area (Å²) in [6.07, 6.45) is 3.42. The zero-order valence-corrected chi connectivity index (χ0v) is 18.4. The van der Waals surface area contributed by atoms with Crippen LogP contribution in [-0.4, -0.2) is 50.5 Å². The molecule has 2 heterocycles. The van der Waals surface area contributed by atoms with Crippen molar-refractivity contribution < 1.29 is 18.0 Å². The van der Waals surface area contributed by atoms with Crippen LogP contribution in [0.25, 0.3) is 5.57 Å². The summed E-state index contributed by atoms with van der Waals surface area (Å²) < 4.78 is 25.6. The van der Waals surface area contributed by atoms with Gasteiger partial charge in [-0.15, -0.1) is 0 Å². The number of hydrogen-bond donors (Lipinski definition) is 0. The smallest absolute Gasteiger partial charge is 0.223 e. The Morgan fingerprint density at radius 2 is 1.77 bits per heavy atom. The van der Waals surface area contributed by atoms with Crippen molar-refractivity contribution in [3.8, 4) is 0 Å². The molecule has 7 heteroatoms. The number of rotatable bonds is 5. The zero-order chi connectivity index (χ0) is 22.0. The molecule has 2 aromatic rings. The topological polar surface area (TPSA) is 74.8 Å². The lowest BCUT2D eigenvalue weighted by atomic mass is 9.99. The summed E-state index contributed by atoms with van der Waals surface area (Å²) in [5.74, 6) is -0.408. The zero-order valence-electron chi connectivity index (χ0n) is 17.6. The van der Waals surface area contributed by atoms with Crippen LogP contribution in [-0.2, 0) is 25.8 Å². The molecule has 0 unspecified atom stereocenters. The van der Waals surface area contributed by atoms with E-state index in [4.69, 9.17) is 0 Å². The molecule has 0 aromatic heterocycles. The Hall–Kier alpha value is -2.93. The Balaban J connectivity index is 1.37. The second-order valence-corrected chi connectivity index (χ2v) is 10.1. The fraction of sp³-hybridized carbons (Fsp3) is 0.333. The van der Waals surface area contributed by atoms with Gasteiger partial charge in [0.15, 0.2) is 9.84 Å². The lowest BCUT2D eigenvalue weighted by molar-refractivity contribution is -0.130. The Labute approximate surface area is 183 Å². The van der Waals surface area contributed by atoms with Crippen LogP contribution in [0.2, 0.25) is 0 Å². The molecular weight excluding hydrogens is 412 g/mol. The molecule has 0 bridgehead atoms. The number of carbonyl (C=O) groups is 2. The van der Waals surface area contributed by atoms with Gasteiger partial charge in [0.1, 0.15) is 0 Å². The molecule has 0 atom stereocenters. The second-order valence-electron chi connectivity index (χ2n) is 7.97. The fourth-order valence-electron chi connectivity index (χ4n) is 4.21. The van der Waals surface area contributed by atoms with Crippen LogP contribution in [0.15, 0.2) is 59.5 Å². The van der Waals surface area contributed by atoms with E-state index in [2.05, 4.69) is 12.1 Å². The maximum Gasteiger partial charge on any atom is 0.223 e. The van der Waals surface area contributed by atoms with Gasteiger partial charge < -0.3 is 9.80 Å². The van der Waals surface area contributed by atoms with Crippen molar-refractivity contribution in [1.82, 2.24) is 4.90 Å². The van der Waals surface area contributed by atoms with Gasteiger partial charge in [-0.1, -0.05) is 36.4 Å². The first-order chi connectivity index (χ1) is 14.8. The molecule has 2 aliphatic heterocycles. The predicted molar refractivity (Wildman–Crippen MR) is 120 cm³/mol. The number of anilines is 1. The quantitative estimate of drug-likeness (QED) is 0.719. The molecule has 2 aliphatic rings. The Morgan fingerprint density at radius 3 is 2.45 bits per heavy atom. The van der Waals surface area contributed by atoms with Gasteiger partial charge in [-0.2, -0.15) is 0 Å². The van der Waals surface area contributed by atoms with Crippen LogP contribution in [0.4, 0.5) is 5.69 Å². The first kappa shape index (κ1) is 21.3. The van der Waals surface area contributed by atoms with Crippen molar-refractivity contribution in [2.24, 2.45) is 0 Å². The summed E-state index contributed by atoms with van der Waals surface area (Å²) >= 11 is 0. The SMILES string of the molecule is CC(=O)N1CCc2cc(S(=O)(=O)CCC(=O)N3CC=C(c4ccccc4)CC3)ccc21. The molecule has 0 fully saturated rings. The van der Waals surface area contributed by atoms with Crippen molar-refractivity contribution in [2.45, 2.75) is 31.1 Å². The van der Waals surface area contributed by atoms with Crippen LogP contribution in [0.5, 0.6) is 0 Å². The number of nitrogens with zero attached hydrogens (tertiary/aromatic N) is 2. The lowest BCUT2D eigenvalue weighted by Gasteiger charge is -2.26. The van der Waals surface area contributed by atoms with E-state index in [1.165, 1.54) is 18.6 Å². The van der Waals surface area contributed by atoms with Crippen LogP contribution in [0.1, 0.15) is 30.9 Å². The van der Waals surface area contributed by atoms with E-state index in [0.717, 1.165) is 23.2 Å². The van der Waals surface area contributed by atoms with E-state index >= 15 is 0 Å². The number of fused-ring (bicyclic) bond motifs is 1. The van der Waals surface area contributed by atoms with Crippen LogP contribution < -0.4 is 4.90 Å². The Bertz CT molecular complexity index is 1140. The minimum absolute atomic E-state index is 0.0342. The molecule has 31 heavy (non-hydrogen) atoms. The standard InChI is InChI=1S/C24H26N2O4S/c1-18(27)26-15-11-21-17-22(7-8-23(21)26)31(29,30)16-12-24(28)25-13-9-20(10-14-25)19-5-3-2-4-6-19/h2-9,17H,10-16H2,1H3. The van der Waals surface area contributed by atoms with E-state index in [-0.39, 0.29) is 28.9 Å². The van der Waals surface area contributed by atoms with Crippen molar-refractivity contribution in [3.05, 3.63) is 65.7 Å². The lowest BCUT2D eigenvalue weighted by Crippen LogP contribution is -2.35. The molecule has 162 valence electrons. The van der Waals surface area contributed by atoms with Gasteiger partial charge in [-0.3, -0.25) is 9.59 Å². The van der Waals surface area contributed by atoms with Gasteiger partial charge in [-0.25, -0.2) is 8.42 Å². The minimum Gasteiger partial charge on any atom is -0.339 e. The van der Waals surface area contributed by atoms with E-state index in [1.807, 2.05) is 24.3 Å². The number of amides is 2. The predicted octanol–water partition coefficient (Wildman–Crippen LogP) is 3.08. The number of sulfone groups is 1. The normalized spacial score (nSPS) is 16.1. The van der Waals surface area contributed by atoms with E-state index in [0.29, 0.717) is 26.1 Å². The summed E-state index contributed by atoms with van der Waals surface area (Å²) in [7, 11) is -3.57. The molecule has 0 saturated heterocycles. The van der Waals surface area contributed by atoms with Crippen LogP contribution in [0, 0.1) is 0 Å². The number of hydrogen-bond acceptors (Lipinski definition) is 4. The molecule has 0 radical (unpaired) electrons. The average Bonchev–Trinajstić information content (AvgIpc) is 3.22. The van der Waals surface area contributed by atoms with Crippen LogP contribution in [0.3, 0.4) is 0 Å². The second kappa shape index (κ2) is 8.67. The van der Waals surface area contributed by atoms with Gasteiger partial charge in [-0.05, 0) is 47.7 Å². The molecule has 2 aromatic carbocycles. The monoisotopic (exact) mass is 438 g/mol. The molecule has 2 amide bonds. The third-order valence-corrected chi connectivity index (χ3v) is 7.69. The van der Waals surface area contributed by atoms with E-state index in [1.54, 1.807) is 21.9 Å². The molecular formula is C24H26N2O4S. The third-order valence-electron chi connectivity index (χ3n) is 5.98. The molecule has 0 N–H and O–H groups in total.